The third-order valence-corrected chi connectivity index (χ3v) is 4.78. The fraction of sp³-hybridized carbons (Fsp3) is 0.400. The van der Waals surface area contributed by atoms with E-state index in [0.717, 1.165) is 23.2 Å². The van der Waals surface area contributed by atoms with Crippen LogP contribution < -0.4 is 5.32 Å². The molecule has 0 aliphatic rings. The average molecular weight is 354 g/mol. The number of benzene rings is 1. The van der Waals surface area contributed by atoms with Crippen LogP contribution >= 0.6 is 27.7 Å². The lowest BCUT2D eigenvalue weighted by Crippen LogP contribution is -2.26. The smallest absolute Gasteiger partial charge is 0.0700 e. The number of aromatic nitrogens is 2. The lowest BCUT2D eigenvalue weighted by atomic mass is 10.2. The van der Waals surface area contributed by atoms with Gasteiger partial charge in [0.1, 0.15) is 0 Å². The van der Waals surface area contributed by atoms with E-state index in [0.29, 0.717) is 6.04 Å². The molecule has 0 saturated carbocycles. The Balaban J connectivity index is 2.08. The molecule has 0 amide bonds. The molecule has 1 N–H and O–H groups in total. The van der Waals surface area contributed by atoms with Gasteiger partial charge in [0.25, 0.3) is 0 Å². The Hall–Kier alpha value is -0.780. The molecule has 20 heavy (non-hydrogen) atoms. The number of nitrogens with one attached hydrogen (secondary N) is 1. The summed E-state index contributed by atoms with van der Waals surface area (Å²) in [4.78, 5) is 1.30. The zero-order valence-corrected chi connectivity index (χ0v) is 14.2. The highest BCUT2D eigenvalue weighted by molar-refractivity contribution is 9.10. The molecule has 0 bridgehead atoms. The summed E-state index contributed by atoms with van der Waals surface area (Å²) in [6.07, 6.45) is 2.99. The molecule has 0 aliphatic heterocycles. The van der Waals surface area contributed by atoms with Crippen LogP contribution in [0.15, 0.2) is 45.9 Å². The van der Waals surface area contributed by atoms with Crippen molar-refractivity contribution in [3.05, 3.63) is 46.7 Å². The summed E-state index contributed by atoms with van der Waals surface area (Å²) in [5.74, 6) is 0.988. The maximum Gasteiger partial charge on any atom is 0.0700 e. The van der Waals surface area contributed by atoms with Gasteiger partial charge in [0, 0.05) is 17.7 Å². The molecule has 1 aromatic heterocycles. The fourth-order valence-electron chi connectivity index (χ4n) is 2.06. The van der Waals surface area contributed by atoms with Crippen LogP contribution in [-0.4, -0.2) is 22.1 Å². The summed E-state index contributed by atoms with van der Waals surface area (Å²) in [5.41, 5.74) is 1.21. The summed E-state index contributed by atoms with van der Waals surface area (Å²) in [7, 11) is 1.99. The van der Waals surface area contributed by atoms with E-state index in [2.05, 4.69) is 63.6 Å². The Morgan fingerprint density at radius 2 is 2.10 bits per heavy atom. The largest absolute Gasteiger partial charge is 0.308 e. The van der Waals surface area contributed by atoms with E-state index in [1.165, 1.54) is 10.6 Å². The minimum atomic E-state index is 0.294. The standard InChI is InChI=1S/C15H20BrN3S/c1-3-9-17-14(15-13(16)10-18-19(15)2)11-20-12-7-5-4-6-8-12/h4-8,10,14,17H,3,9,11H2,1-2H3. The molecular formula is C15H20BrN3S. The van der Waals surface area contributed by atoms with E-state index < -0.39 is 0 Å². The molecule has 108 valence electrons. The first-order chi connectivity index (χ1) is 9.72. The van der Waals surface area contributed by atoms with E-state index in [1.807, 2.05) is 29.7 Å². The topological polar surface area (TPSA) is 29.9 Å². The predicted molar refractivity (Wildman–Crippen MR) is 89.1 cm³/mol. The molecule has 1 unspecified atom stereocenters. The molecule has 3 nitrogen and oxygen atoms in total. The number of thioether (sulfide) groups is 1. The number of nitrogens with zero attached hydrogens (tertiary/aromatic N) is 2. The van der Waals surface area contributed by atoms with Crippen molar-refractivity contribution in [2.75, 3.05) is 12.3 Å². The van der Waals surface area contributed by atoms with E-state index >= 15 is 0 Å². The highest BCUT2D eigenvalue weighted by Gasteiger charge is 2.18. The molecule has 1 heterocycles. The van der Waals surface area contributed by atoms with Gasteiger partial charge in [-0.1, -0.05) is 25.1 Å². The second-order valence-electron chi connectivity index (χ2n) is 4.63. The van der Waals surface area contributed by atoms with Gasteiger partial charge in [-0.25, -0.2) is 0 Å². The first-order valence-electron chi connectivity index (χ1n) is 6.81. The van der Waals surface area contributed by atoms with E-state index in [9.17, 15) is 0 Å². The minimum Gasteiger partial charge on any atom is -0.308 e. The van der Waals surface area contributed by atoms with E-state index in [1.54, 1.807) is 0 Å². The molecule has 1 atom stereocenters. The van der Waals surface area contributed by atoms with E-state index in [4.69, 9.17) is 0 Å². The van der Waals surface area contributed by atoms with Crippen LogP contribution in [0.5, 0.6) is 0 Å². The first kappa shape index (κ1) is 15.6. The second kappa shape index (κ2) is 7.86. The van der Waals surface area contributed by atoms with Crippen molar-refractivity contribution in [2.24, 2.45) is 7.05 Å². The van der Waals surface area contributed by atoms with Crippen LogP contribution in [0.25, 0.3) is 0 Å². The van der Waals surface area contributed by atoms with Crippen molar-refractivity contribution in [1.29, 1.82) is 0 Å². The van der Waals surface area contributed by atoms with Crippen LogP contribution in [0, 0.1) is 0 Å². The van der Waals surface area contributed by atoms with E-state index in [-0.39, 0.29) is 0 Å². The van der Waals surface area contributed by atoms with Crippen LogP contribution in [0.4, 0.5) is 0 Å². The Morgan fingerprint density at radius 1 is 1.35 bits per heavy atom. The third kappa shape index (κ3) is 4.11. The Morgan fingerprint density at radius 3 is 2.70 bits per heavy atom. The minimum absolute atomic E-state index is 0.294. The van der Waals surface area contributed by atoms with Gasteiger partial charge in [-0.2, -0.15) is 5.10 Å². The molecule has 0 aliphatic carbocycles. The zero-order valence-electron chi connectivity index (χ0n) is 11.8. The van der Waals surface area contributed by atoms with Crippen molar-refractivity contribution in [3.8, 4) is 0 Å². The monoisotopic (exact) mass is 353 g/mol. The molecule has 2 aromatic rings. The predicted octanol–water partition coefficient (Wildman–Crippen LogP) is 4.02. The maximum absolute atomic E-state index is 4.32. The number of hydrogen-bond donors (Lipinski definition) is 1. The van der Waals surface area contributed by atoms with Gasteiger partial charge in [0.2, 0.25) is 0 Å². The van der Waals surface area contributed by atoms with Crippen LogP contribution in [0.1, 0.15) is 25.1 Å². The second-order valence-corrected chi connectivity index (χ2v) is 6.58. The average Bonchev–Trinajstić information content (AvgIpc) is 2.80. The molecule has 2 rings (SSSR count). The number of hydrogen-bond acceptors (Lipinski definition) is 3. The van der Waals surface area contributed by atoms with Gasteiger partial charge in [-0.05, 0) is 41.0 Å². The first-order valence-corrected chi connectivity index (χ1v) is 8.59. The summed E-state index contributed by atoms with van der Waals surface area (Å²) >= 11 is 5.47. The van der Waals surface area contributed by atoms with Crippen molar-refractivity contribution in [1.82, 2.24) is 15.1 Å². The van der Waals surface area contributed by atoms with Crippen LogP contribution in [0.2, 0.25) is 0 Å². The quantitative estimate of drug-likeness (QED) is 0.762. The number of aryl methyl sites for hydroxylation is 1. The molecule has 0 fully saturated rings. The van der Waals surface area contributed by atoms with Crippen molar-refractivity contribution in [2.45, 2.75) is 24.3 Å². The zero-order chi connectivity index (χ0) is 14.4. The number of rotatable bonds is 7. The lowest BCUT2D eigenvalue weighted by molar-refractivity contribution is 0.533. The Kier molecular flexibility index (Phi) is 6.13. The Labute approximate surface area is 133 Å². The summed E-state index contributed by atoms with van der Waals surface area (Å²) in [5, 5.41) is 7.93. The Bertz CT molecular complexity index is 508. The van der Waals surface area contributed by atoms with Gasteiger partial charge in [-0.15, -0.1) is 11.8 Å². The maximum atomic E-state index is 4.32. The molecule has 5 heteroatoms. The summed E-state index contributed by atoms with van der Waals surface area (Å²) < 4.78 is 3.02. The lowest BCUT2D eigenvalue weighted by Gasteiger charge is -2.19. The van der Waals surface area contributed by atoms with Gasteiger partial charge in [0.15, 0.2) is 0 Å². The van der Waals surface area contributed by atoms with Crippen molar-refractivity contribution in [3.63, 3.8) is 0 Å². The third-order valence-electron chi connectivity index (χ3n) is 3.07. The van der Waals surface area contributed by atoms with Crippen LogP contribution in [0.3, 0.4) is 0 Å². The summed E-state index contributed by atoms with van der Waals surface area (Å²) in [6.45, 7) is 3.20. The van der Waals surface area contributed by atoms with Gasteiger partial charge >= 0.3 is 0 Å². The van der Waals surface area contributed by atoms with Crippen molar-refractivity contribution >= 4 is 27.7 Å². The molecule has 0 radical (unpaired) electrons. The van der Waals surface area contributed by atoms with Gasteiger partial charge in [-0.3, -0.25) is 4.68 Å². The highest BCUT2D eigenvalue weighted by Crippen LogP contribution is 2.28. The summed E-state index contributed by atoms with van der Waals surface area (Å²) in [6, 6.07) is 10.8. The normalized spacial score (nSPS) is 12.6. The molecule has 0 spiro atoms. The fourth-order valence-corrected chi connectivity index (χ4v) is 3.67. The highest BCUT2D eigenvalue weighted by atomic mass is 79.9. The molecule has 0 saturated heterocycles. The van der Waals surface area contributed by atoms with Gasteiger partial charge < -0.3 is 5.32 Å². The molecule has 1 aromatic carbocycles. The van der Waals surface area contributed by atoms with Crippen LogP contribution in [-0.2, 0) is 7.05 Å². The SMILES string of the molecule is CCCNC(CSc1ccccc1)c1c(Br)cnn1C. The van der Waals surface area contributed by atoms with Gasteiger partial charge in [0.05, 0.1) is 22.4 Å². The van der Waals surface area contributed by atoms with Crippen molar-refractivity contribution < 1.29 is 0 Å². The molecular weight excluding hydrogens is 334 g/mol. The number of halogens is 1.